The Morgan fingerprint density at radius 2 is 2.13 bits per heavy atom. The maximum absolute atomic E-state index is 11.9. The third-order valence-electron chi connectivity index (χ3n) is 3.41. The number of amides is 1. The smallest absolute Gasteiger partial charge is 0.335 e. The van der Waals surface area contributed by atoms with Gasteiger partial charge in [0.1, 0.15) is 12.2 Å². The number of primary amides is 1. The fourth-order valence-corrected chi connectivity index (χ4v) is 2.36. The second kappa shape index (κ2) is 6.32. The summed E-state index contributed by atoms with van der Waals surface area (Å²) >= 11 is 0. The lowest BCUT2D eigenvalue weighted by molar-refractivity contribution is -0.155. The lowest BCUT2D eigenvalue weighted by Crippen LogP contribution is -2.40. The lowest BCUT2D eigenvalue weighted by Gasteiger charge is -2.20. The van der Waals surface area contributed by atoms with Crippen molar-refractivity contribution in [3.05, 3.63) is 32.6 Å². The molecule has 1 aliphatic rings. The number of carboxylic acids is 1. The molecule has 1 aliphatic heterocycles. The van der Waals surface area contributed by atoms with Crippen LogP contribution < -0.4 is 17.0 Å². The molecular weight excluding hydrogens is 314 g/mol. The van der Waals surface area contributed by atoms with Gasteiger partial charge in [-0.1, -0.05) is 0 Å². The maximum Gasteiger partial charge on any atom is 0.335 e. The Bertz CT molecular complexity index is 739. The summed E-state index contributed by atoms with van der Waals surface area (Å²) in [7, 11) is 1.20. The average Bonchev–Trinajstić information content (AvgIpc) is 2.78. The zero-order valence-corrected chi connectivity index (χ0v) is 12.0. The molecule has 0 spiro atoms. The fraction of sp³-hybridized carbons (Fsp3) is 0.500. The van der Waals surface area contributed by atoms with Gasteiger partial charge in [0.25, 0.3) is 5.56 Å². The molecule has 1 aromatic rings. The van der Waals surface area contributed by atoms with Crippen molar-refractivity contribution in [2.75, 3.05) is 7.11 Å². The normalized spacial score (nSPS) is 27.0. The molecule has 0 unspecified atom stereocenters. The molecule has 0 saturated carbocycles. The number of aliphatic carboxylic acids is 1. The predicted molar refractivity (Wildman–Crippen MR) is 72.6 cm³/mol. The Morgan fingerprint density at radius 1 is 1.48 bits per heavy atom. The van der Waals surface area contributed by atoms with Crippen LogP contribution >= 0.6 is 0 Å². The van der Waals surface area contributed by atoms with Crippen LogP contribution in [0.3, 0.4) is 0 Å². The molecule has 1 saturated heterocycles. The van der Waals surface area contributed by atoms with Gasteiger partial charge in [-0.25, -0.2) is 9.59 Å². The van der Waals surface area contributed by atoms with Gasteiger partial charge >= 0.3 is 11.7 Å². The number of nitrogens with two attached hydrogens (primary N) is 1. The van der Waals surface area contributed by atoms with E-state index >= 15 is 0 Å². The number of H-pyrrole nitrogens is 1. The highest BCUT2D eigenvalue weighted by Crippen LogP contribution is 2.30. The third kappa shape index (κ3) is 3.16. The van der Waals surface area contributed by atoms with E-state index in [1.165, 1.54) is 7.11 Å². The van der Waals surface area contributed by atoms with Crippen molar-refractivity contribution in [1.29, 1.82) is 0 Å². The molecule has 11 heteroatoms. The van der Waals surface area contributed by atoms with Crippen molar-refractivity contribution < 1.29 is 29.3 Å². The van der Waals surface area contributed by atoms with Gasteiger partial charge in [-0.2, -0.15) is 0 Å². The first-order chi connectivity index (χ1) is 10.8. The summed E-state index contributed by atoms with van der Waals surface area (Å²) < 4.78 is 11.0. The van der Waals surface area contributed by atoms with E-state index in [-0.39, 0.29) is 5.56 Å². The summed E-state index contributed by atoms with van der Waals surface area (Å²) in [4.78, 5) is 47.6. The molecule has 1 aromatic heterocycles. The molecule has 0 aromatic carbocycles. The molecule has 126 valence electrons. The zero-order valence-electron chi connectivity index (χ0n) is 12.0. The van der Waals surface area contributed by atoms with Gasteiger partial charge < -0.3 is 25.4 Å². The van der Waals surface area contributed by atoms with Crippen molar-refractivity contribution in [3.63, 3.8) is 0 Å². The van der Waals surface area contributed by atoms with E-state index in [9.17, 15) is 24.3 Å². The van der Waals surface area contributed by atoms with Crippen molar-refractivity contribution >= 4 is 11.9 Å². The van der Waals surface area contributed by atoms with Gasteiger partial charge in [0.05, 0.1) is 6.42 Å². The summed E-state index contributed by atoms with van der Waals surface area (Å²) in [5.74, 6) is -2.23. The Labute approximate surface area is 128 Å². The third-order valence-corrected chi connectivity index (χ3v) is 3.41. The number of nitrogens with zero attached hydrogens (tertiary/aromatic N) is 1. The van der Waals surface area contributed by atoms with E-state index in [4.69, 9.17) is 20.3 Å². The number of hydrogen-bond acceptors (Lipinski definition) is 7. The van der Waals surface area contributed by atoms with Crippen LogP contribution in [0.2, 0.25) is 0 Å². The van der Waals surface area contributed by atoms with E-state index in [1.807, 2.05) is 4.98 Å². The molecule has 2 heterocycles. The second-order valence-corrected chi connectivity index (χ2v) is 4.94. The Morgan fingerprint density at radius 3 is 2.65 bits per heavy atom. The van der Waals surface area contributed by atoms with Gasteiger partial charge in [0.15, 0.2) is 12.3 Å². The van der Waals surface area contributed by atoms with Crippen LogP contribution in [-0.4, -0.2) is 57.1 Å². The monoisotopic (exact) mass is 329 g/mol. The minimum Gasteiger partial charge on any atom is -0.479 e. The number of carboxylic acid groups (broad SMARTS) is 1. The van der Waals surface area contributed by atoms with E-state index in [0.717, 1.165) is 10.8 Å². The summed E-state index contributed by atoms with van der Waals surface area (Å²) in [6.07, 6.45) is -5.00. The van der Waals surface area contributed by atoms with Crippen LogP contribution in [0.15, 0.2) is 15.8 Å². The first-order valence-corrected chi connectivity index (χ1v) is 6.48. The van der Waals surface area contributed by atoms with Gasteiger partial charge in [0, 0.05) is 18.9 Å². The number of aromatic amines is 1. The average molecular weight is 329 g/mol. The SMILES string of the molecule is CO[C@@H]1[C@H](O)[C@@H](C(=O)O)O[C@H]1n1cc(CC(N)=O)c(=O)[nH]c1=O. The number of carbonyl (C=O) groups is 2. The standard InChI is InChI=1S/C12H15N3O8/c1-22-7-6(17)8(11(19)20)23-10(7)15-3-4(2-5(13)16)9(18)14-12(15)21/h3,6-8,10,17H,2H2,1H3,(H2,13,16)(H,19,20)(H,14,18,21)/t6-,7+,8-,10+/m0/s1. The number of aliphatic hydroxyl groups is 1. The molecule has 1 amide bonds. The van der Waals surface area contributed by atoms with Gasteiger partial charge in [-0.05, 0) is 0 Å². The molecule has 0 bridgehead atoms. The van der Waals surface area contributed by atoms with E-state index in [0.29, 0.717) is 0 Å². The Kier molecular flexibility index (Phi) is 4.63. The van der Waals surface area contributed by atoms with Gasteiger partial charge in [-0.15, -0.1) is 0 Å². The number of aliphatic hydroxyl groups excluding tert-OH is 1. The quantitative estimate of drug-likeness (QED) is 0.440. The van der Waals surface area contributed by atoms with Gasteiger partial charge in [-0.3, -0.25) is 19.1 Å². The number of ether oxygens (including phenoxy) is 2. The number of carbonyl (C=O) groups excluding carboxylic acids is 1. The van der Waals surface area contributed by atoms with Crippen molar-refractivity contribution in [2.45, 2.75) is 31.0 Å². The minimum atomic E-state index is -1.61. The molecule has 2 rings (SSSR count). The van der Waals surface area contributed by atoms with Crippen molar-refractivity contribution in [1.82, 2.24) is 9.55 Å². The minimum absolute atomic E-state index is 0.108. The van der Waals surface area contributed by atoms with E-state index < -0.39 is 54.1 Å². The van der Waals surface area contributed by atoms with Crippen LogP contribution in [-0.2, 0) is 25.5 Å². The highest BCUT2D eigenvalue weighted by atomic mass is 16.6. The molecule has 4 atom stereocenters. The first kappa shape index (κ1) is 16.9. The summed E-state index contributed by atoms with van der Waals surface area (Å²) in [5, 5.41) is 18.9. The number of rotatable bonds is 5. The maximum atomic E-state index is 11.9. The summed E-state index contributed by atoms with van der Waals surface area (Å²) in [5.41, 5.74) is 3.20. The number of aromatic nitrogens is 2. The summed E-state index contributed by atoms with van der Waals surface area (Å²) in [6.45, 7) is 0. The molecule has 1 fully saturated rings. The summed E-state index contributed by atoms with van der Waals surface area (Å²) in [6, 6.07) is 0. The van der Waals surface area contributed by atoms with Crippen LogP contribution in [0.1, 0.15) is 11.8 Å². The zero-order chi connectivity index (χ0) is 17.3. The Balaban J connectivity index is 2.48. The number of methoxy groups -OCH3 is 1. The van der Waals surface area contributed by atoms with Crippen LogP contribution in [0.25, 0.3) is 0 Å². The van der Waals surface area contributed by atoms with Crippen molar-refractivity contribution in [2.24, 2.45) is 5.73 Å². The second-order valence-electron chi connectivity index (χ2n) is 4.94. The van der Waals surface area contributed by atoms with E-state index in [2.05, 4.69) is 0 Å². The molecule has 0 aliphatic carbocycles. The molecular formula is C12H15N3O8. The van der Waals surface area contributed by atoms with Crippen LogP contribution in [0.5, 0.6) is 0 Å². The molecule has 0 radical (unpaired) electrons. The fourth-order valence-electron chi connectivity index (χ4n) is 2.36. The highest BCUT2D eigenvalue weighted by Gasteiger charge is 2.49. The van der Waals surface area contributed by atoms with Crippen molar-refractivity contribution in [3.8, 4) is 0 Å². The molecule has 11 nitrogen and oxygen atoms in total. The van der Waals surface area contributed by atoms with Crippen LogP contribution in [0.4, 0.5) is 0 Å². The van der Waals surface area contributed by atoms with Crippen LogP contribution in [0, 0.1) is 0 Å². The number of hydrogen-bond donors (Lipinski definition) is 4. The first-order valence-electron chi connectivity index (χ1n) is 6.48. The molecule has 23 heavy (non-hydrogen) atoms. The van der Waals surface area contributed by atoms with E-state index in [1.54, 1.807) is 0 Å². The predicted octanol–water partition coefficient (Wildman–Crippen LogP) is -3.08. The largest absolute Gasteiger partial charge is 0.479 e. The highest BCUT2D eigenvalue weighted by molar-refractivity contribution is 5.76. The van der Waals surface area contributed by atoms with Gasteiger partial charge in [0.2, 0.25) is 5.91 Å². The molecule has 5 N–H and O–H groups in total. The lowest BCUT2D eigenvalue weighted by atomic mass is 10.1. The number of nitrogens with one attached hydrogen (secondary N) is 1. The Hall–Kier alpha value is -2.50. The topological polar surface area (TPSA) is 174 Å².